The molecule has 3 aromatic rings. The maximum atomic E-state index is 11.2. The number of ether oxygens (including phenoxy) is 1. The Hall–Kier alpha value is -2.89. The average Bonchev–Trinajstić information content (AvgIpc) is 2.97. The molecule has 0 unspecified atom stereocenters. The topological polar surface area (TPSA) is 69.7 Å². The van der Waals surface area contributed by atoms with Crippen LogP contribution in [-0.4, -0.2) is 19.8 Å². The van der Waals surface area contributed by atoms with Crippen molar-refractivity contribution in [2.75, 3.05) is 0 Å². The van der Waals surface area contributed by atoms with E-state index in [0.717, 1.165) is 11.3 Å². The van der Waals surface area contributed by atoms with Gasteiger partial charge in [0.05, 0.1) is 6.42 Å². The van der Waals surface area contributed by atoms with Gasteiger partial charge in [0.1, 0.15) is 6.61 Å². The molecule has 0 saturated carbocycles. The van der Waals surface area contributed by atoms with Crippen LogP contribution in [-0.2, 0) is 13.0 Å². The SMILES string of the molecule is CC(C)(Cc1cnc2c(OCc3ccccc3)cccn12)[N+](=O)[O-]. The van der Waals surface area contributed by atoms with Crippen molar-refractivity contribution in [1.29, 1.82) is 0 Å². The molecule has 6 nitrogen and oxygen atoms in total. The lowest BCUT2D eigenvalue weighted by molar-refractivity contribution is -0.560. The number of pyridine rings is 1. The molecule has 24 heavy (non-hydrogen) atoms. The minimum atomic E-state index is -1.04. The molecular weight excluding hydrogens is 306 g/mol. The largest absolute Gasteiger partial charge is 0.485 e. The Morgan fingerprint density at radius 3 is 2.67 bits per heavy atom. The first-order valence-electron chi connectivity index (χ1n) is 7.73. The molecule has 0 bridgehead atoms. The molecule has 0 N–H and O–H groups in total. The van der Waals surface area contributed by atoms with E-state index < -0.39 is 5.54 Å². The summed E-state index contributed by atoms with van der Waals surface area (Å²) in [6, 6.07) is 13.6. The molecule has 124 valence electrons. The highest BCUT2D eigenvalue weighted by Gasteiger charge is 2.32. The summed E-state index contributed by atoms with van der Waals surface area (Å²) in [7, 11) is 0. The minimum Gasteiger partial charge on any atom is -0.485 e. The van der Waals surface area contributed by atoms with Gasteiger partial charge >= 0.3 is 0 Å². The highest BCUT2D eigenvalue weighted by molar-refractivity contribution is 5.54. The highest BCUT2D eigenvalue weighted by Crippen LogP contribution is 2.23. The summed E-state index contributed by atoms with van der Waals surface area (Å²) >= 11 is 0. The van der Waals surface area contributed by atoms with Gasteiger partial charge in [-0.1, -0.05) is 30.3 Å². The van der Waals surface area contributed by atoms with Crippen LogP contribution in [0.4, 0.5) is 0 Å². The Kier molecular flexibility index (Phi) is 4.20. The third-order valence-corrected chi connectivity index (χ3v) is 3.92. The van der Waals surface area contributed by atoms with Crippen molar-refractivity contribution in [3.8, 4) is 5.75 Å². The van der Waals surface area contributed by atoms with Gasteiger partial charge in [-0.3, -0.25) is 10.1 Å². The summed E-state index contributed by atoms with van der Waals surface area (Å²) in [6.45, 7) is 3.67. The lowest BCUT2D eigenvalue weighted by Crippen LogP contribution is -2.33. The fraction of sp³-hybridized carbons (Fsp3) is 0.278. The number of benzene rings is 1. The van der Waals surface area contributed by atoms with Crippen LogP contribution >= 0.6 is 0 Å². The summed E-state index contributed by atoms with van der Waals surface area (Å²) in [5, 5.41) is 11.2. The standard InChI is InChI=1S/C18H19N3O3/c1-18(2,21(22)23)11-15-12-19-17-16(9-6-10-20(15)17)24-13-14-7-4-3-5-8-14/h3-10,12H,11,13H2,1-2H3. The predicted octanol–water partition coefficient (Wildman–Crippen LogP) is 3.51. The Morgan fingerprint density at radius 2 is 1.96 bits per heavy atom. The van der Waals surface area contributed by atoms with Crippen LogP contribution in [0.3, 0.4) is 0 Å². The molecule has 2 aromatic heterocycles. The van der Waals surface area contributed by atoms with Crippen molar-refractivity contribution in [2.24, 2.45) is 0 Å². The minimum absolute atomic E-state index is 0.262. The van der Waals surface area contributed by atoms with Crippen LogP contribution in [0.25, 0.3) is 5.65 Å². The van der Waals surface area contributed by atoms with Gasteiger partial charge in [-0.15, -0.1) is 0 Å². The Balaban J connectivity index is 1.85. The Labute approximate surface area is 139 Å². The summed E-state index contributed by atoms with van der Waals surface area (Å²) in [6.07, 6.45) is 3.82. The zero-order chi connectivity index (χ0) is 17.2. The number of imidazole rings is 1. The van der Waals surface area contributed by atoms with Crippen molar-refractivity contribution < 1.29 is 9.66 Å². The summed E-state index contributed by atoms with van der Waals surface area (Å²) in [5.74, 6) is 0.659. The maximum absolute atomic E-state index is 11.2. The van der Waals surface area contributed by atoms with Gasteiger partial charge in [0.25, 0.3) is 0 Å². The molecule has 0 atom stereocenters. The van der Waals surface area contributed by atoms with Crippen molar-refractivity contribution in [3.05, 3.63) is 76.2 Å². The molecule has 0 fully saturated rings. The van der Waals surface area contributed by atoms with Gasteiger partial charge < -0.3 is 9.14 Å². The van der Waals surface area contributed by atoms with Crippen LogP contribution in [0.5, 0.6) is 5.75 Å². The van der Waals surface area contributed by atoms with Gasteiger partial charge in [-0.25, -0.2) is 4.98 Å². The first-order valence-corrected chi connectivity index (χ1v) is 7.73. The lowest BCUT2D eigenvalue weighted by atomic mass is 10.00. The lowest BCUT2D eigenvalue weighted by Gasteiger charge is -2.15. The fourth-order valence-electron chi connectivity index (χ4n) is 2.52. The van der Waals surface area contributed by atoms with E-state index in [1.165, 1.54) is 0 Å². The average molecular weight is 325 g/mol. The predicted molar refractivity (Wildman–Crippen MR) is 90.7 cm³/mol. The van der Waals surface area contributed by atoms with E-state index in [1.54, 1.807) is 20.0 Å². The van der Waals surface area contributed by atoms with Crippen LogP contribution in [0, 0.1) is 10.1 Å². The third kappa shape index (κ3) is 3.22. The number of hydrogen-bond acceptors (Lipinski definition) is 4. The summed E-state index contributed by atoms with van der Waals surface area (Å²) < 4.78 is 7.73. The molecule has 0 radical (unpaired) electrons. The quantitative estimate of drug-likeness (QED) is 0.514. The molecule has 1 aromatic carbocycles. The molecule has 2 heterocycles. The molecule has 0 aliphatic heterocycles. The molecule has 0 aliphatic rings. The van der Waals surface area contributed by atoms with E-state index in [1.807, 2.05) is 53.1 Å². The second-order valence-corrected chi connectivity index (χ2v) is 6.34. The van der Waals surface area contributed by atoms with E-state index >= 15 is 0 Å². The van der Waals surface area contributed by atoms with Crippen LogP contribution < -0.4 is 4.74 Å². The molecular formula is C18H19N3O3. The van der Waals surface area contributed by atoms with E-state index in [-0.39, 0.29) is 4.92 Å². The van der Waals surface area contributed by atoms with Crippen molar-refractivity contribution in [3.63, 3.8) is 0 Å². The van der Waals surface area contributed by atoms with E-state index in [9.17, 15) is 10.1 Å². The van der Waals surface area contributed by atoms with Gasteiger partial charge in [-0.2, -0.15) is 0 Å². The van der Waals surface area contributed by atoms with Crippen molar-refractivity contribution >= 4 is 5.65 Å². The zero-order valence-corrected chi connectivity index (χ0v) is 13.7. The number of rotatable bonds is 6. The number of hydrogen-bond donors (Lipinski definition) is 0. The first-order chi connectivity index (χ1) is 11.5. The Morgan fingerprint density at radius 1 is 1.21 bits per heavy atom. The monoisotopic (exact) mass is 325 g/mol. The molecule has 0 amide bonds. The number of fused-ring (bicyclic) bond motifs is 1. The molecule has 0 aliphatic carbocycles. The van der Waals surface area contributed by atoms with Crippen molar-refractivity contribution in [2.45, 2.75) is 32.4 Å². The summed E-state index contributed by atoms with van der Waals surface area (Å²) in [5.41, 5.74) is 1.48. The third-order valence-electron chi connectivity index (χ3n) is 3.92. The smallest absolute Gasteiger partial charge is 0.222 e. The van der Waals surface area contributed by atoms with Crippen LogP contribution in [0.2, 0.25) is 0 Å². The number of nitro groups is 1. The Bertz CT molecular complexity index is 856. The van der Waals surface area contributed by atoms with E-state index in [2.05, 4.69) is 4.98 Å². The molecule has 0 spiro atoms. The van der Waals surface area contributed by atoms with Gasteiger partial charge in [0.15, 0.2) is 11.4 Å². The zero-order valence-electron chi connectivity index (χ0n) is 13.7. The molecule has 3 rings (SSSR count). The fourth-order valence-corrected chi connectivity index (χ4v) is 2.52. The highest BCUT2D eigenvalue weighted by atomic mass is 16.6. The molecule has 0 saturated heterocycles. The van der Waals surface area contributed by atoms with E-state index in [4.69, 9.17) is 4.74 Å². The second kappa shape index (κ2) is 6.31. The number of aromatic nitrogens is 2. The maximum Gasteiger partial charge on any atom is 0.222 e. The number of nitrogens with zero attached hydrogens (tertiary/aromatic N) is 3. The van der Waals surface area contributed by atoms with E-state index in [0.29, 0.717) is 24.4 Å². The first kappa shape index (κ1) is 16.0. The van der Waals surface area contributed by atoms with Gasteiger partial charge in [0.2, 0.25) is 5.54 Å². The van der Waals surface area contributed by atoms with Crippen molar-refractivity contribution in [1.82, 2.24) is 9.38 Å². The van der Waals surface area contributed by atoms with Gasteiger partial charge in [-0.05, 0) is 17.7 Å². The summed E-state index contributed by atoms with van der Waals surface area (Å²) in [4.78, 5) is 15.3. The molecule has 6 heteroatoms. The second-order valence-electron chi connectivity index (χ2n) is 6.34. The normalized spacial score (nSPS) is 11.6. The van der Waals surface area contributed by atoms with Gasteiger partial charge in [0, 0.05) is 36.9 Å². The van der Waals surface area contributed by atoms with Crippen LogP contribution in [0.15, 0.2) is 54.9 Å². The van der Waals surface area contributed by atoms with Crippen LogP contribution in [0.1, 0.15) is 25.1 Å².